The minimum atomic E-state index is -3.30. The van der Waals surface area contributed by atoms with Gasteiger partial charge >= 0.3 is 0 Å². The van der Waals surface area contributed by atoms with E-state index < -0.39 is 21.5 Å². The summed E-state index contributed by atoms with van der Waals surface area (Å²) >= 11 is 0. The van der Waals surface area contributed by atoms with Crippen molar-refractivity contribution in [3.63, 3.8) is 0 Å². The van der Waals surface area contributed by atoms with Crippen LogP contribution in [0.5, 0.6) is 0 Å². The predicted molar refractivity (Wildman–Crippen MR) is 78.6 cm³/mol. The molecule has 2 N–H and O–H groups in total. The van der Waals surface area contributed by atoms with Crippen LogP contribution < -0.4 is 5.73 Å². The third-order valence-corrected chi connectivity index (χ3v) is 3.29. The van der Waals surface area contributed by atoms with E-state index >= 15 is 0 Å². The largest absolute Gasteiger partial charge is 0.341 e. The van der Waals surface area contributed by atoms with Crippen LogP contribution in [0.4, 0.5) is 0 Å². The van der Waals surface area contributed by atoms with Gasteiger partial charge in [-0.2, -0.15) is 0 Å². The SMILES string of the molecule is CN(Cc1ccc(C#CCN)cc1)C(=O)CS(C)(=O)=O. The van der Waals surface area contributed by atoms with Crippen LogP contribution >= 0.6 is 0 Å². The van der Waals surface area contributed by atoms with Gasteiger partial charge < -0.3 is 10.6 Å². The standard InChI is InChI=1S/C14H18N2O3S/c1-16(14(17)11-20(2,18)19)10-13-7-5-12(6-8-13)4-3-9-15/h5-8H,9-11,15H2,1-2H3. The number of sulfone groups is 1. The highest BCUT2D eigenvalue weighted by molar-refractivity contribution is 7.91. The first-order valence-electron chi connectivity index (χ1n) is 6.01. The van der Waals surface area contributed by atoms with Crippen LogP contribution in [0.25, 0.3) is 0 Å². The number of carbonyl (C=O) groups excluding carboxylic acids is 1. The Balaban J connectivity index is 2.66. The van der Waals surface area contributed by atoms with Gasteiger partial charge in [-0.1, -0.05) is 24.0 Å². The molecular formula is C14H18N2O3S. The third-order valence-electron chi connectivity index (χ3n) is 2.52. The molecule has 0 unspecified atom stereocenters. The molecule has 0 aliphatic carbocycles. The van der Waals surface area contributed by atoms with Gasteiger partial charge in [0.1, 0.15) is 5.75 Å². The van der Waals surface area contributed by atoms with Crippen molar-refractivity contribution < 1.29 is 13.2 Å². The molecule has 0 atom stereocenters. The Morgan fingerprint density at radius 3 is 2.40 bits per heavy atom. The maximum atomic E-state index is 11.7. The Kier molecular flexibility index (Phi) is 5.74. The lowest BCUT2D eigenvalue weighted by Gasteiger charge is -2.16. The molecular weight excluding hydrogens is 276 g/mol. The molecule has 0 aromatic heterocycles. The summed E-state index contributed by atoms with van der Waals surface area (Å²) in [5.74, 6) is 4.77. The molecule has 0 spiro atoms. The molecule has 0 saturated heterocycles. The Bertz CT molecular complexity index is 625. The van der Waals surface area contributed by atoms with E-state index in [-0.39, 0.29) is 0 Å². The van der Waals surface area contributed by atoms with E-state index in [9.17, 15) is 13.2 Å². The Morgan fingerprint density at radius 1 is 1.30 bits per heavy atom. The van der Waals surface area contributed by atoms with Gasteiger partial charge in [0, 0.05) is 25.4 Å². The lowest BCUT2D eigenvalue weighted by molar-refractivity contribution is -0.127. The third kappa shape index (κ3) is 5.87. The summed E-state index contributed by atoms with van der Waals surface area (Å²) in [6.45, 7) is 0.670. The zero-order valence-electron chi connectivity index (χ0n) is 11.6. The second kappa shape index (κ2) is 7.08. The van der Waals surface area contributed by atoms with Crippen LogP contribution in [-0.2, 0) is 21.2 Å². The van der Waals surface area contributed by atoms with E-state index in [0.29, 0.717) is 13.1 Å². The van der Waals surface area contributed by atoms with E-state index in [0.717, 1.165) is 17.4 Å². The van der Waals surface area contributed by atoms with Gasteiger partial charge in [-0.3, -0.25) is 4.79 Å². The lowest BCUT2D eigenvalue weighted by Crippen LogP contribution is -2.31. The fourth-order valence-electron chi connectivity index (χ4n) is 1.54. The van der Waals surface area contributed by atoms with Crippen molar-refractivity contribution in [1.82, 2.24) is 4.90 Å². The fourth-order valence-corrected chi connectivity index (χ4v) is 2.21. The van der Waals surface area contributed by atoms with Crippen LogP contribution in [0.1, 0.15) is 11.1 Å². The first-order chi connectivity index (χ1) is 9.31. The summed E-state index contributed by atoms with van der Waals surface area (Å²) in [5.41, 5.74) is 7.05. The monoisotopic (exact) mass is 294 g/mol. The predicted octanol–water partition coefficient (Wildman–Crippen LogP) is -0.000200. The van der Waals surface area contributed by atoms with Crippen LogP contribution in [0, 0.1) is 11.8 Å². The van der Waals surface area contributed by atoms with Crippen LogP contribution in [-0.4, -0.2) is 44.8 Å². The summed E-state index contributed by atoms with van der Waals surface area (Å²) in [4.78, 5) is 13.1. The van der Waals surface area contributed by atoms with Gasteiger partial charge in [0.15, 0.2) is 9.84 Å². The van der Waals surface area contributed by atoms with Crippen LogP contribution in [0.3, 0.4) is 0 Å². The number of hydrogen-bond donors (Lipinski definition) is 1. The molecule has 1 aromatic carbocycles. The minimum absolute atomic E-state index is 0.310. The van der Waals surface area contributed by atoms with E-state index in [2.05, 4.69) is 11.8 Å². The number of hydrogen-bond acceptors (Lipinski definition) is 4. The molecule has 0 bridgehead atoms. The highest BCUT2D eigenvalue weighted by Gasteiger charge is 2.15. The van der Waals surface area contributed by atoms with Crippen molar-refractivity contribution >= 4 is 15.7 Å². The molecule has 1 rings (SSSR count). The molecule has 0 radical (unpaired) electrons. The normalized spacial score (nSPS) is 10.6. The number of benzene rings is 1. The highest BCUT2D eigenvalue weighted by atomic mass is 32.2. The highest BCUT2D eigenvalue weighted by Crippen LogP contribution is 2.06. The average molecular weight is 294 g/mol. The van der Waals surface area contributed by atoms with Crippen molar-refractivity contribution in [1.29, 1.82) is 0 Å². The fraction of sp³-hybridized carbons (Fsp3) is 0.357. The summed E-state index contributed by atoms with van der Waals surface area (Å²) in [7, 11) is -1.72. The first-order valence-corrected chi connectivity index (χ1v) is 8.07. The summed E-state index contributed by atoms with van der Waals surface area (Å²) in [5, 5.41) is 0. The first kappa shape index (κ1) is 16.2. The topological polar surface area (TPSA) is 80.5 Å². The van der Waals surface area contributed by atoms with Gasteiger partial charge in [0.2, 0.25) is 5.91 Å². The zero-order chi connectivity index (χ0) is 15.2. The summed E-state index contributed by atoms with van der Waals surface area (Å²) < 4.78 is 22.1. The second-order valence-corrected chi connectivity index (χ2v) is 6.66. The van der Waals surface area contributed by atoms with Gasteiger partial charge in [0.25, 0.3) is 0 Å². The molecule has 1 amide bonds. The van der Waals surface area contributed by atoms with Crippen molar-refractivity contribution in [2.75, 3.05) is 25.6 Å². The summed E-state index contributed by atoms with van der Waals surface area (Å²) in [6, 6.07) is 7.38. The number of carbonyl (C=O) groups is 1. The molecule has 0 aliphatic heterocycles. The molecule has 5 nitrogen and oxygen atoms in total. The molecule has 0 fully saturated rings. The van der Waals surface area contributed by atoms with Crippen molar-refractivity contribution in [2.45, 2.75) is 6.54 Å². The van der Waals surface area contributed by atoms with Gasteiger partial charge in [-0.15, -0.1) is 0 Å². The Morgan fingerprint density at radius 2 is 1.90 bits per heavy atom. The molecule has 0 heterocycles. The van der Waals surface area contributed by atoms with Gasteiger partial charge in [0.05, 0.1) is 6.54 Å². The van der Waals surface area contributed by atoms with Gasteiger partial charge in [-0.05, 0) is 17.7 Å². The van der Waals surface area contributed by atoms with E-state index in [1.54, 1.807) is 7.05 Å². The maximum Gasteiger partial charge on any atom is 0.237 e. The number of nitrogens with two attached hydrogens (primary N) is 1. The van der Waals surface area contributed by atoms with E-state index in [4.69, 9.17) is 5.73 Å². The van der Waals surface area contributed by atoms with Crippen molar-refractivity contribution in [2.24, 2.45) is 5.73 Å². The molecule has 20 heavy (non-hydrogen) atoms. The van der Waals surface area contributed by atoms with Crippen molar-refractivity contribution in [3.8, 4) is 11.8 Å². The Hall–Kier alpha value is -1.84. The maximum absolute atomic E-state index is 11.7. The van der Waals surface area contributed by atoms with E-state index in [1.165, 1.54) is 4.90 Å². The van der Waals surface area contributed by atoms with Crippen molar-refractivity contribution in [3.05, 3.63) is 35.4 Å². The summed E-state index contributed by atoms with van der Waals surface area (Å²) in [6.07, 6.45) is 1.05. The zero-order valence-corrected chi connectivity index (χ0v) is 12.4. The van der Waals surface area contributed by atoms with Crippen LogP contribution in [0.2, 0.25) is 0 Å². The second-order valence-electron chi connectivity index (χ2n) is 4.52. The number of amides is 1. The molecule has 0 aliphatic rings. The average Bonchev–Trinajstić information content (AvgIpc) is 2.36. The number of nitrogens with zero attached hydrogens (tertiary/aromatic N) is 1. The van der Waals surface area contributed by atoms with E-state index in [1.807, 2.05) is 24.3 Å². The minimum Gasteiger partial charge on any atom is -0.341 e. The quantitative estimate of drug-likeness (QED) is 0.793. The molecule has 108 valence electrons. The number of rotatable bonds is 4. The Labute approximate surface area is 119 Å². The lowest BCUT2D eigenvalue weighted by atomic mass is 10.1. The smallest absolute Gasteiger partial charge is 0.237 e. The molecule has 0 saturated carbocycles. The molecule has 6 heteroatoms. The molecule has 1 aromatic rings. The van der Waals surface area contributed by atoms with Gasteiger partial charge in [-0.25, -0.2) is 8.42 Å². The van der Waals surface area contributed by atoms with Crippen LogP contribution in [0.15, 0.2) is 24.3 Å².